The number of H-pyrrole nitrogens is 1. The molecule has 2 rings (SSSR count). The van der Waals surface area contributed by atoms with Crippen LogP contribution >= 0.6 is 12.2 Å². The van der Waals surface area contributed by atoms with Crippen molar-refractivity contribution in [3.63, 3.8) is 0 Å². The summed E-state index contributed by atoms with van der Waals surface area (Å²) in [5, 5.41) is 7.27. The molecule has 4 nitrogen and oxygen atoms in total. The number of nitrogens with one attached hydrogen (secondary N) is 1. The van der Waals surface area contributed by atoms with E-state index in [0.29, 0.717) is 6.04 Å². The standard InChI is InChI=1S/C11H20N4S/c1-3-14-10(12-13-11(14)16)15-8-6-4-5-7-9(15)2/h9H,3-8H2,1-2H3,(H,13,16). The van der Waals surface area contributed by atoms with Crippen LogP contribution in [0.3, 0.4) is 0 Å². The third kappa shape index (κ3) is 2.14. The average molecular weight is 240 g/mol. The van der Waals surface area contributed by atoms with Crippen molar-refractivity contribution in [2.45, 2.75) is 52.1 Å². The van der Waals surface area contributed by atoms with Gasteiger partial charge in [-0.05, 0) is 38.9 Å². The van der Waals surface area contributed by atoms with Crippen molar-refractivity contribution in [1.29, 1.82) is 0 Å². The van der Waals surface area contributed by atoms with Crippen LogP contribution in [-0.2, 0) is 6.54 Å². The van der Waals surface area contributed by atoms with E-state index in [9.17, 15) is 0 Å². The molecule has 2 heterocycles. The minimum Gasteiger partial charge on any atom is -0.338 e. The Balaban J connectivity index is 2.30. The van der Waals surface area contributed by atoms with Gasteiger partial charge in [0.2, 0.25) is 5.95 Å². The Morgan fingerprint density at radius 1 is 1.44 bits per heavy atom. The topological polar surface area (TPSA) is 36.9 Å². The SMILES string of the molecule is CCn1c(N2CCCCCC2C)n[nH]c1=S. The van der Waals surface area contributed by atoms with Gasteiger partial charge < -0.3 is 4.90 Å². The maximum absolute atomic E-state index is 5.23. The largest absolute Gasteiger partial charge is 0.338 e. The monoisotopic (exact) mass is 240 g/mol. The summed E-state index contributed by atoms with van der Waals surface area (Å²) in [6.45, 7) is 6.37. The van der Waals surface area contributed by atoms with Crippen molar-refractivity contribution in [2.24, 2.45) is 0 Å². The Bertz CT molecular complexity index is 395. The number of hydrogen-bond acceptors (Lipinski definition) is 3. The summed E-state index contributed by atoms with van der Waals surface area (Å²) in [6, 6.07) is 0.568. The van der Waals surface area contributed by atoms with E-state index in [0.717, 1.165) is 23.8 Å². The van der Waals surface area contributed by atoms with Gasteiger partial charge in [0, 0.05) is 19.1 Å². The van der Waals surface area contributed by atoms with E-state index < -0.39 is 0 Å². The Morgan fingerprint density at radius 3 is 3.00 bits per heavy atom. The molecule has 0 aliphatic carbocycles. The van der Waals surface area contributed by atoms with E-state index in [1.807, 2.05) is 0 Å². The zero-order valence-electron chi connectivity index (χ0n) is 10.1. The van der Waals surface area contributed by atoms with Gasteiger partial charge in [0.1, 0.15) is 0 Å². The molecule has 0 spiro atoms. The van der Waals surface area contributed by atoms with Gasteiger partial charge in [-0.3, -0.25) is 4.57 Å². The molecule has 0 bridgehead atoms. The van der Waals surface area contributed by atoms with Crippen LogP contribution in [0.25, 0.3) is 0 Å². The molecule has 90 valence electrons. The Hall–Kier alpha value is -0.840. The minimum absolute atomic E-state index is 0.568. The fourth-order valence-corrected chi connectivity index (χ4v) is 2.64. The average Bonchev–Trinajstić information content (AvgIpc) is 2.50. The molecule has 1 fully saturated rings. The van der Waals surface area contributed by atoms with Crippen LogP contribution in [0.15, 0.2) is 0 Å². The molecule has 0 saturated carbocycles. The maximum atomic E-state index is 5.23. The molecule has 0 amide bonds. The van der Waals surface area contributed by atoms with Crippen LogP contribution in [0.2, 0.25) is 0 Å². The number of rotatable bonds is 2. The summed E-state index contributed by atoms with van der Waals surface area (Å²) in [4.78, 5) is 2.39. The lowest BCUT2D eigenvalue weighted by molar-refractivity contribution is 0.587. The molecule has 0 radical (unpaired) electrons. The molecule has 1 unspecified atom stereocenters. The predicted molar refractivity (Wildman–Crippen MR) is 68.4 cm³/mol. The van der Waals surface area contributed by atoms with Crippen LogP contribution in [-0.4, -0.2) is 27.4 Å². The Labute approximate surface area is 102 Å². The van der Waals surface area contributed by atoms with Gasteiger partial charge in [-0.2, -0.15) is 0 Å². The predicted octanol–water partition coefficient (Wildman–Crippen LogP) is 2.73. The zero-order valence-corrected chi connectivity index (χ0v) is 10.9. The molecule has 0 aromatic carbocycles. The highest BCUT2D eigenvalue weighted by Gasteiger charge is 2.21. The Morgan fingerprint density at radius 2 is 2.25 bits per heavy atom. The van der Waals surface area contributed by atoms with Gasteiger partial charge in [-0.25, -0.2) is 5.10 Å². The van der Waals surface area contributed by atoms with E-state index in [1.165, 1.54) is 25.7 Å². The summed E-state index contributed by atoms with van der Waals surface area (Å²) >= 11 is 5.23. The first kappa shape index (κ1) is 11.6. The van der Waals surface area contributed by atoms with Crippen molar-refractivity contribution < 1.29 is 0 Å². The normalized spacial score (nSPS) is 22.1. The minimum atomic E-state index is 0.568. The quantitative estimate of drug-likeness (QED) is 0.808. The third-order valence-corrected chi connectivity index (χ3v) is 3.68. The van der Waals surface area contributed by atoms with Crippen molar-refractivity contribution >= 4 is 18.2 Å². The second-order valence-electron chi connectivity index (χ2n) is 4.46. The highest BCUT2D eigenvalue weighted by Crippen LogP contribution is 2.22. The van der Waals surface area contributed by atoms with E-state index in [2.05, 4.69) is 33.5 Å². The summed E-state index contributed by atoms with van der Waals surface area (Å²) in [5.74, 6) is 1.02. The van der Waals surface area contributed by atoms with Gasteiger partial charge in [0.05, 0.1) is 0 Å². The van der Waals surface area contributed by atoms with Crippen LogP contribution in [0, 0.1) is 4.77 Å². The Kier molecular flexibility index (Phi) is 3.63. The smallest absolute Gasteiger partial charge is 0.225 e. The van der Waals surface area contributed by atoms with Crippen LogP contribution in [0.4, 0.5) is 5.95 Å². The second-order valence-corrected chi connectivity index (χ2v) is 4.85. The van der Waals surface area contributed by atoms with Crippen LogP contribution < -0.4 is 4.90 Å². The fraction of sp³-hybridized carbons (Fsp3) is 0.818. The van der Waals surface area contributed by atoms with E-state index in [4.69, 9.17) is 12.2 Å². The van der Waals surface area contributed by atoms with Gasteiger partial charge in [-0.1, -0.05) is 12.8 Å². The highest BCUT2D eigenvalue weighted by molar-refractivity contribution is 7.71. The summed E-state index contributed by atoms with van der Waals surface area (Å²) < 4.78 is 2.81. The zero-order chi connectivity index (χ0) is 11.5. The molecule has 1 aliphatic rings. The highest BCUT2D eigenvalue weighted by atomic mass is 32.1. The number of aromatic nitrogens is 3. The second kappa shape index (κ2) is 4.99. The van der Waals surface area contributed by atoms with Crippen LogP contribution in [0.1, 0.15) is 39.5 Å². The molecular weight excluding hydrogens is 220 g/mol. The molecule has 1 N–H and O–H groups in total. The van der Waals surface area contributed by atoms with Gasteiger partial charge >= 0.3 is 0 Å². The molecule has 5 heteroatoms. The van der Waals surface area contributed by atoms with Gasteiger partial charge in [0.25, 0.3) is 0 Å². The molecule has 1 saturated heterocycles. The first-order valence-corrected chi connectivity index (χ1v) is 6.56. The first-order chi connectivity index (χ1) is 7.74. The molecule has 1 aliphatic heterocycles. The molecule has 1 atom stereocenters. The molecule has 1 aromatic rings. The number of hydrogen-bond donors (Lipinski definition) is 1. The maximum Gasteiger partial charge on any atom is 0.225 e. The lowest BCUT2D eigenvalue weighted by Gasteiger charge is -2.27. The molecular formula is C11H20N4S. The number of aromatic amines is 1. The summed E-state index contributed by atoms with van der Waals surface area (Å²) in [5.41, 5.74) is 0. The lowest BCUT2D eigenvalue weighted by Crippen LogP contribution is -2.34. The van der Waals surface area contributed by atoms with Crippen molar-refractivity contribution in [3.8, 4) is 0 Å². The summed E-state index contributed by atoms with van der Waals surface area (Å²) in [6.07, 6.45) is 5.17. The van der Waals surface area contributed by atoms with Crippen molar-refractivity contribution in [1.82, 2.24) is 14.8 Å². The van der Waals surface area contributed by atoms with Crippen molar-refractivity contribution in [2.75, 3.05) is 11.4 Å². The number of anilines is 1. The van der Waals surface area contributed by atoms with Crippen molar-refractivity contribution in [3.05, 3.63) is 4.77 Å². The van der Waals surface area contributed by atoms with Gasteiger partial charge in [-0.15, -0.1) is 5.10 Å². The molecule has 1 aromatic heterocycles. The van der Waals surface area contributed by atoms with Crippen LogP contribution in [0.5, 0.6) is 0 Å². The van der Waals surface area contributed by atoms with E-state index in [1.54, 1.807) is 0 Å². The van der Waals surface area contributed by atoms with Gasteiger partial charge in [0.15, 0.2) is 4.77 Å². The van der Waals surface area contributed by atoms with E-state index in [-0.39, 0.29) is 0 Å². The third-order valence-electron chi connectivity index (χ3n) is 3.36. The molecule has 16 heavy (non-hydrogen) atoms. The summed E-state index contributed by atoms with van der Waals surface area (Å²) in [7, 11) is 0. The van der Waals surface area contributed by atoms with E-state index >= 15 is 0 Å². The first-order valence-electron chi connectivity index (χ1n) is 6.16. The number of nitrogens with zero attached hydrogens (tertiary/aromatic N) is 3. The fourth-order valence-electron chi connectivity index (χ4n) is 2.39. The lowest BCUT2D eigenvalue weighted by atomic mass is 10.1.